The first kappa shape index (κ1) is 23.8. The minimum atomic E-state index is -0.480. The molecule has 0 bridgehead atoms. The molecule has 10 nitrogen and oxygen atoms in total. The predicted octanol–water partition coefficient (Wildman–Crippen LogP) is 7.05. The number of nitro benzene ring substituents is 3. The van der Waals surface area contributed by atoms with Gasteiger partial charge in [0.2, 0.25) is 0 Å². The lowest BCUT2D eigenvalue weighted by Crippen LogP contribution is -2.10. The van der Waals surface area contributed by atoms with E-state index in [1.165, 1.54) is 36.4 Å². The van der Waals surface area contributed by atoms with Gasteiger partial charge in [-0.05, 0) is 59.7 Å². The molecule has 0 aliphatic carbocycles. The third-order valence-electron chi connectivity index (χ3n) is 5.36. The van der Waals surface area contributed by atoms with Gasteiger partial charge in [-0.3, -0.25) is 30.3 Å². The van der Waals surface area contributed by atoms with Gasteiger partial charge in [-0.2, -0.15) is 0 Å². The van der Waals surface area contributed by atoms with Gasteiger partial charge >= 0.3 is 0 Å². The van der Waals surface area contributed by atoms with Crippen molar-refractivity contribution < 1.29 is 14.8 Å². The van der Waals surface area contributed by atoms with Crippen LogP contribution in [0.4, 0.5) is 34.1 Å². The number of hydrogen-bond acceptors (Lipinski definition) is 7. The summed E-state index contributed by atoms with van der Waals surface area (Å²) < 4.78 is 0. The molecular weight excluding hydrogens is 464 g/mol. The third-order valence-corrected chi connectivity index (χ3v) is 5.36. The fourth-order valence-electron chi connectivity index (χ4n) is 3.53. The Morgan fingerprint density at radius 2 is 0.694 bits per heavy atom. The van der Waals surface area contributed by atoms with Crippen LogP contribution < -0.4 is 4.90 Å². The molecule has 0 radical (unpaired) electrons. The molecule has 0 saturated carbocycles. The summed E-state index contributed by atoms with van der Waals surface area (Å²) in [6.45, 7) is 0. The van der Waals surface area contributed by atoms with E-state index in [2.05, 4.69) is 0 Å². The van der Waals surface area contributed by atoms with Crippen molar-refractivity contribution in [3.63, 3.8) is 0 Å². The van der Waals surface area contributed by atoms with Crippen molar-refractivity contribution in [2.75, 3.05) is 4.90 Å². The molecule has 0 atom stereocenters. The first-order valence-corrected chi connectivity index (χ1v) is 10.6. The molecule has 4 aromatic carbocycles. The van der Waals surface area contributed by atoms with Crippen LogP contribution in [0.15, 0.2) is 97.1 Å². The Hall–Kier alpha value is -5.38. The summed E-state index contributed by atoms with van der Waals surface area (Å²) in [6.07, 6.45) is 3.70. The van der Waals surface area contributed by atoms with E-state index in [4.69, 9.17) is 0 Å². The van der Waals surface area contributed by atoms with Gasteiger partial charge in [0.05, 0.1) is 14.8 Å². The number of benzene rings is 4. The summed E-state index contributed by atoms with van der Waals surface area (Å²) in [5, 5.41) is 32.9. The lowest BCUT2D eigenvalue weighted by atomic mass is 10.1. The van der Waals surface area contributed by atoms with Crippen LogP contribution in [0.1, 0.15) is 11.1 Å². The van der Waals surface area contributed by atoms with Gasteiger partial charge in [0, 0.05) is 53.5 Å². The number of nitrogens with zero attached hydrogens (tertiary/aromatic N) is 4. The molecular formula is C26H18N4O6. The second kappa shape index (κ2) is 10.3. The Balaban J connectivity index is 1.64. The van der Waals surface area contributed by atoms with E-state index in [0.29, 0.717) is 11.4 Å². The Bertz CT molecular complexity index is 1370. The number of anilines is 3. The van der Waals surface area contributed by atoms with E-state index < -0.39 is 14.8 Å². The molecule has 36 heavy (non-hydrogen) atoms. The van der Waals surface area contributed by atoms with Crippen LogP contribution in [0, 0.1) is 30.3 Å². The second-order valence-electron chi connectivity index (χ2n) is 7.66. The van der Waals surface area contributed by atoms with Crippen LogP contribution in [0.2, 0.25) is 0 Å². The maximum absolute atomic E-state index is 11.1. The van der Waals surface area contributed by atoms with E-state index in [1.807, 2.05) is 41.3 Å². The zero-order valence-corrected chi connectivity index (χ0v) is 18.6. The van der Waals surface area contributed by atoms with Crippen molar-refractivity contribution in [2.45, 2.75) is 0 Å². The highest BCUT2D eigenvalue weighted by molar-refractivity contribution is 5.79. The van der Waals surface area contributed by atoms with Crippen molar-refractivity contribution in [2.24, 2.45) is 0 Å². The zero-order chi connectivity index (χ0) is 25.7. The third kappa shape index (κ3) is 5.39. The smallest absolute Gasteiger partial charge is 0.269 e. The van der Waals surface area contributed by atoms with E-state index in [1.54, 1.807) is 36.4 Å². The fraction of sp³-hybridized carbons (Fsp3) is 0. The Kier molecular flexibility index (Phi) is 6.78. The van der Waals surface area contributed by atoms with Crippen LogP contribution in [-0.2, 0) is 0 Å². The average Bonchev–Trinajstić information content (AvgIpc) is 2.89. The largest absolute Gasteiger partial charge is 0.310 e. The second-order valence-corrected chi connectivity index (χ2v) is 7.66. The van der Waals surface area contributed by atoms with Crippen LogP contribution in [-0.4, -0.2) is 14.8 Å². The van der Waals surface area contributed by atoms with Gasteiger partial charge in [-0.1, -0.05) is 24.3 Å². The molecule has 0 unspecified atom stereocenters. The first-order chi connectivity index (χ1) is 17.3. The van der Waals surface area contributed by atoms with Gasteiger partial charge in [0.1, 0.15) is 0 Å². The van der Waals surface area contributed by atoms with Crippen molar-refractivity contribution in [1.29, 1.82) is 0 Å². The molecule has 0 aliphatic rings. The van der Waals surface area contributed by atoms with E-state index >= 15 is 0 Å². The molecule has 0 saturated heterocycles. The summed E-state index contributed by atoms with van der Waals surface area (Å²) in [4.78, 5) is 33.3. The molecule has 10 heteroatoms. The molecule has 0 spiro atoms. The molecule has 0 N–H and O–H groups in total. The van der Waals surface area contributed by atoms with Crippen LogP contribution in [0.5, 0.6) is 0 Å². The lowest BCUT2D eigenvalue weighted by molar-refractivity contribution is -0.385. The highest BCUT2D eigenvalue weighted by Gasteiger charge is 2.15. The van der Waals surface area contributed by atoms with Gasteiger partial charge in [0.15, 0.2) is 0 Å². The lowest BCUT2D eigenvalue weighted by Gasteiger charge is -2.25. The minimum Gasteiger partial charge on any atom is -0.310 e. The highest BCUT2D eigenvalue weighted by atomic mass is 16.6. The topological polar surface area (TPSA) is 133 Å². The average molecular weight is 482 g/mol. The van der Waals surface area contributed by atoms with Crippen LogP contribution in [0.3, 0.4) is 0 Å². The van der Waals surface area contributed by atoms with Crippen molar-refractivity contribution >= 4 is 46.3 Å². The summed E-state index contributed by atoms with van der Waals surface area (Å²) in [5.41, 5.74) is 3.64. The number of hydrogen-bond donors (Lipinski definition) is 0. The maximum Gasteiger partial charge on any atom is 0.269 e. The molecule has 0 fully saturated rings. The monoisotopic (exact) mass is 482 g/mol. The first-order valence-electron chi connectivity index (χ1n) is 10.6. The van der Waals surface area contributed by atoms with Crippen molar-refractivity contribution in [1.82, 2.24) is 0 Å². The van der Waals surface area contributed by atoms with Crippen LogP contribution >= 0.6 is 0 Å². The van der Waals surface area contributed by atoms with Crippen molar-refractivity contribution in [3.05, 3.63) is 139 Å². The quantitative estimate of drug-likeness (QED) is 0.149. The normalized spacial score (nSPS) is 10.8. The van der Waals surface area contributed by atoms with E-state index in [0.717, 1.165) is 16.8 Å². The van der Waals surface area contributed by atoms with E-state index in [-0.39, 0.29) is 17.1 Å². The Morgan fingerprint density at radius 1 is 0.444 bits per heavy atom. The molecule has 0 aliphatic heterocycles. The van der Waals surface area contributed by atoms with E-state index in [9.17, 15) is 30.3 Å². The Morgan fingerprint density at radius 3 is 1.00 bits per heavy atom. The molecule has 0 heterocycles. The van der Waals surface area contributed by atoms with Crippen LogP contribution in [0.25, 0.3) is 12.2 Å². The van der Waals surface area contributed by atoms with Gasteiger partial charge in [0.25, 0.3) is 17.1 Å². The summed E-state index contributed by atoms with van der Waals surface area (Å²) >= 11 is 0. The molecule has 178 valence electrons. The van der Waals surface area contributed by atoms with Gasteiger partial charge in [-0.15, -0.1) is 0 Å². The standard InChI is InChI=1S/C26H18N4O6/c31-28(32)24-9-5-20(6-10-24)2-1-19-3-7-21(8-4-19)27(22-11-15-25(16-12-22)29(33)34)23-13-17-26(18-14-23)30(35)36/h1-18H. The van der Waals surface area contributed by atoms with Gasteiger partial charge in [-0.25, -0.2) is 0 Å². The highest BCUT2D eigenvalue weighted by Crippen LogP contribution is 2.36. The fourth-order valence-corrected chi connectivity index (χ4v) is 3.53. The summed E-state index contributed by atoms with van der Waals surface area (Å²) in [6, 6.07) is 25.7. The summed E-state index contributed by atoms with van der Waals surface area (Å²) in [5.74, 6) is 0. The number of non-ortho nitro benzene ring substituents is 3. The SMILES string of the molecule is O=[N+]([O-])c1ccc(C=Cc2ccc(N(c3ccc([N+](=O)[O-])cc3)c3ccc([N+](=O)[O-])cc3)cc2)cc1. The molecule has 4 aromatic rings. The number of nitro groups is 3. The maximum atomic E-state index is 11.1. The minimum absolute atomic E-state index is 0.0223. The zero-order valence-electron chi connectivity index (χ0n) is 18.6. The van der Waals surface area contributed by atoms with Crippen molar-refractivity contribution in [3.8, 4) is 0 Å². The Labute approximate surface area is 204 Å². The molecule has 4 rings (SSSR count). The summed E-state index contributed by atoms with van der Waals surface area (Å²) in [7, 11) is 0. The van der Waals surface area contributed by atoms with Gasteiger partial charge < -0.3 is 4.90 Å². The predicted molar refractivity (Wildman–Crippen MR) is 136 cm³/mol. The number of rotatable bonds is 8. The molecule has 0 aromatic heterocycles. The molecule has 0 amide bonds.